The fourth-order valence-corrected chi connectivity index (χ4v) is 3.34. The maximum atomic E-state index is 13.0. The molecule has 1 saturated carbocycles. The summed E-state index contributed by atoms with van der Waals surface area (Å²) >= 11 is 3.35. The molecule has 0 spiro atoms. The van der Waals surface area contributed by atoms with Gasteiger partial charge < -0.3 is 5.11 Å². The second-order valence-electron chi connectivity index (χ2n) is 5.33. The van der Waals surface area contributed by atoms with Gasteiger partial charge in [-0.15, -0.1) is 0 Å². The lowest BCUT2D eigenvalue weighted by Gasteiger charge is -2.24. The number of hydrogen-bond donors (Lipinski definition) is 1. The van der Waals surface area contributed by atoms with E-state index in [1.807, 2.05) is 0 Å². The summed E-state index contributed by atoms with van der Waals surface area (Å²) in [5.41, 5.74) is 0.986. The highest BCUT2D eigenvalue weighted by Gasteiger charge is 2.18. The van der Waals surface area contributed by atoms with E-state index >= 15 is 0 Å². The molecule has 1 N–H and O–H groups in total. The Morgan fingerprint density at radius 2 is 2.00 bits per heavy atom. The first-order valence-corrected chi connectivity index (χ1v) is 7.56. The number of halogens is 2. The van der Waals surface area contributed by atoms with E-state index in [1.54, 1.807) is 6.07 Å². The van der Waals surface area contributed by atoms with Crippen LogP contribution in [-0.4, -0.2) is 11.2 Å². The van der Waals surface area contributed by atoms with Crippen molar-refractivity contribution in [1.82, 2.24) is 0 Å². The molecule has 1 aromatic carbocycles. The molecule has 0 aliphatic heterocycles. The standard InChI is InChI=1S/C15H20BrFO/c16-15-10-13(17)7-6-12(15)9-14(18)8-11-4-2-1-3-5-11/h6-7,10-11,14,18H,1-5,8-9H2. The molecule has 1 unspecified atom stereocenters. The van der Waals surface area contributed by atoms with Gasteiger partial charge in [-0.2, -0.15) is 0 Å². The van der Waals surface area contributed by atoms with Crippen LogP contribution in [0.3, 0.4) is 0 Å². The lowest BCUT2D eigenvalue weighted by molar-refractivity contribution is 0.130. The Balaban J connectivity index is 1.87. The largest absolute Gasteiger partial charge is 0.393 e. The third kappa shape index (κ3) is 4.06. The van der Waals surface area contributed by atoms with Gasteiger partial charge in [-0.3, -0.25) is 0 Å². The van der Waals surface area contributed by atoms with Crippen LogP contribution in [0.4, 0.5) is 4.39 Å². The highest BCUT2D eigenvalue weighted by molar-refractivity contribution is 9.10. The van der Waals surface area contributed by atoms with Crippen LogP contribution in [0.1, 0.15) is 44.1 Å². The van der Waals surface area contributed by atoms with Crippen LogP contribution in [0, 0.1) is 11.7 Å². The van der Waals surface area contributed by atoms with Gasteiger partial charge in [0.1, 0.15) is 5.82 Å². The fourth-order valence-electron chi connectivity index (χ4n) is 2.83. The van der Waals surface area contributed by atoms with E-state index in [0.29, 0.717) is 12.3 Å². The summed E-state index contributed by atoms with van der Waals surface area (Å²) < 4.78 is 13.7. The first-order valence-electron chi connectivity index (χ1n) is 6.77. The summed E-state index contributed by atoms with van der Waals surface area (Å²) in [6.45, 7) is 0. The highest BCUT2D eigenvalue weighted by Crippen LogP contribution is 2.29. The summed E-state index contributed by atoms with van der Waals surface area (Å²) in [6, 6.07) is 4.67. The van der Waals surface area contributed by atoms with E-state index < -0.39 is 0 Å². The third-order valence-corrected chi connectivity index (χ3v) is 4.54. The molecule has 0 heterocycles. The van der Waals surface area contributed by atoms with Crippen molar-refractivity contribution < 1.29 is 9.50 Å². The third-order valence-electron chi connectivity index (χ3n) is 3.80. The predicted molar refractivity (Wildman–Crippen MR) is 75.0 cm³/mol. The Labute approximate surface area is 117 Å². The molecule has 0 saturated heterocycles. The predicted octanol–water partition coefficient (Wildman–Crippen LogP) is 4.46. The number of hydrogen-bond acceptors (Lipinski definition) is 1. The molecular formula is C15H20BrFO. The number of rotatable bonds is 4. The summed E-state index contributed by atoms with van der Waals surface area (Å²) in [6.07, 6.45) is 7.63. The first kappa shape index (κ1) is 14.0. The van der Waals surface area contributed by atoms with Crippen molar-refractivity contribution in [2.75, 3.05) is 0 Å². The SMILES string of the molecule is OC(Cc1ccc(F)cc1Br)CC1CCCCC1. The Morgan fingerprint density at radius 3 is 2.67 bits per heavy atom. The van der Waals surface area contributed by atoms with Crippen LogP contribution < -0.4 is 0 Å². The summed E-state index contributed by atoms with van der Waals surface area (Å²) in [4.78, 5) is 0. The zero-order valence-corrected chi connectivity index (χ0v) is 12.1. The van der Waals surface area contributed by atoms with Gasteiger partial charge in [-0.05, 0) is 36.5 Å². The number of benzene rings is 1. The van der Waals surface area contributed by atoms with Crippen LogP contribution in [0.25, 0.3) is 0 Å². The number of aliphatic hydroxyl groups is 1. The van der Waals surface area contributed by atoms with E-state index in [0.717, 1.165) is 16.5 Å². The Hall–Kier alpha value is -0.410. The molecule has 1 fully saturated rings. The van der Waals surface area contributed by atoms with Gasteiger partial charge in [0.15, 0.2) is 0 Å². The smallest absolute Gasteiger partial charge is 0.124 e. The van der Waals surface area contributed by atoms with Crippen LogP contribution in [0.2, 0.25) is 0 Å². The van der Waals surface area contributed by atoms with Crippen molar-refractivity contribution in [2.24, 2.45) is 5.92 Å². The highest BCUT2D eigenvalue weighted by atomic mass is 79.9. The molecule has 1 nitrogen and oxygen atoms in total. The zero-order valence-electron chi connectivity index (χ0n) is 10.5. The Morgan fingerprint density at radius 1 is 1.28 bits per heavy atom. The molecule has 18 heavy (non-hydrogen) atoms. The van der Waals surface area contributed by atoms with Crippen molar-refractivity contribution in [3.8, 4) is 0 Å². The van der Waals surface area contributed by atoms with E-state index in [2.05, 4.69) is 15.9 Å². The van der Waals surface area contributed by atoms with Crippen molar-refractivity contribution in [2.45, 2.75) is 51.0 Å². The maximum Gasteiger partial charge on any atom is 0.124 e. The van der Waals surface area contributed by atoms with E-state index in [9.17, 15) is 9.50 Å². The molecule has 3 heteroatoms. The molecule has 0 aromatic heterocycles. The van der Waals surface area contributed by atoms with Gasteiger partial charge >= 0.3 is 0 Å². The molecule has 1 aromatic rings. The monoisotopic (exact) mass is 314 g/mol. The fraction of sp³-hybridized carbons (Fsp3) is 0.600. The van der Waals surface area contributed by atoms with Gasteiger partial charge in [-0.25, -0.2) is 4.39 Å². The molecule has 1 aliphatic rings. The molecular weight excluding hydrogens is 295 g/mol. The van der Waals surface area contributed by atoms with Gasteiger partial charge in [-0.1, -0.05) is 54.1 Å². The molecule has 100 valence electrons. The van der Waals surface area contributed by atoms with Gasteiger partial charge in [0, 0.05) is 4.47 Å². The van der Waals surface area contributed by atoms with Crippen LogP contribution in [-0.2, 0) is 6.42 Å². The topological polar surface area (TPSA) is 20.2 Å². The second kappa shape index (κ2) is 6.67. The molecule has 0 bridgehead atoms. The lowest BCUT2D eigenvalue weighted by Crippen LogP contribution is -2.18. The number of aliphatic hydroxyl groups excluding tert-OH is 1. The van der Waals surface area contributed by atoms with Gasteiger partial charge in [0.05, 0.1) is 6.10 Å². The van der Waals surface area contributed by atoms with Crippen molar-refractivity contribution in [3.05, 3.63) is 34.1 Å². The molecule has 1 aliphatic carbocycles. The average molecular weight is 315 g/mol. The molecule has 1 atom stereocenters. The van der Waals surface area contributed by atoms with E-state index in [1.165, 1.54) is 44.2 Å². The van der Waals surface area contributed by atoms with Gasteiger partial charge in [0.2, 0.25) is 0 Å². The first-order chi connectivity index (χ1) is 8.65. The van der Waals surface area contributed by atoms with Crippen LogP contribution >= 0.6 is 15.9 Å². The average Bonchev–Trinajstić information content (AvgIpc) is 2.34. The lowest BCUT2D eigenvalue weighted by atomic mass is 9.84. The minimum atomic E-state index is -0.310. The second-order valence-corrected chi connectivity index (χ2v) is 6.19. The van der Waals surface area contributed by atoms with Crippen molar-refractivity contribution in [1.29, 1.82) is 0 Å². The quantitative estimate of drug-likeness (QED) is 0.869. The van der Waals surface area contributed by atoms with Crippen molar-refractivity contribution in [3.63, 3.8) is 0 Å². The minimum absolute atomic E-state index is 0.243. The Bertz CT molecular complexity index is 388. The van der Waals surface area contributed by atoms with Crippen LogP contribution in [0.15, 0.2) is 22.7 Å². The molecule has 0 amide bonds. The Kier molecular flexibility index (Phi) is 5.19. The summed E-state index contributed by atoms with van der Waals surface area (Å²) in [5, 5.41) is 10.1. The maximum absolute atomic E-state index is 13.0. The summed E-state index contributed by atoms with van der Waals surface area (Å²) in [7, 11) is 0. The minimum Gasteiger partial charge on any atom is -0.393 e. The molecule has 2 rings (SSSR count). The van der Waals surface area contributed by atoms with Crippen LogP contribution in [0.5, 0.6) is 0 Å². The zero-order chi connectivity index (χ0) is 13.0. The normalized spacial score (nSPS) is 18.8. The molecule has 0 radical (unpaired) electrons. The van der Waals surface area contributed by atoms with Crippen molar-refractivity contribution >= 4 is 15.9 Å². The van der Waals surface area contributed by atoms with Gasteiger partial charge in [0.25, 0.3) is 0 Å². The summed E-state index contributed by atoms with van der Waals surface area (Å²) in [5.74, 6) is 0.431. The van der Waals surface area contributed by atoms with E-state index in [-0.39, 0.29) is 11.9 Å². The van der Waals surface area contributed by atoms with E-state index in [4.69, 9.17) is 0 Å².